The molecule has 0 unspecified atom stereocenters. The van der Waals surface area contributed by atoms with Crippen molar-refractivity contribution >= 4 is 29.2 Å². The van der Waals surface area contributed by atoms with Gasteiger partial charge in [-0.2, -0.15) is 13.2 Å². The molecule has 29 heavy (non-hydrogen) atoms. The van der Waals surface area contributed by atoms with E-state index < -0.39 is 17.8 Å². The number of halogens is 3. The Morgan fingerprint density at radius 3 is 2.10 bits per heavy atom. The van der Waals surface area contributed by atoms with Crippen LogP contribution in [0.25, 0.3) is 0 Å². The molecule has 0 aliphatic rings. The van der Waals surface area contributed by atoms with Gasteiger partial charge in [0.2, 0.25) is 5.91 Å². The molecule has 0 saturated carbocycles. The lowest BCUT2D eigenvalue weighted by Gasteiger charge is -2.14. The molecule has 0 heterocycles. The molecule has 0 radical (unpaired) electrons. The Kier molecular flexibility index (Phi) is 7.18. The number of carbonyl (C=O) groups is 3. The van der Waals surface area contributed by atoms with Crippen LogP contribution in [0.1, 0.15) is 22.8 Å². The average molecular weight is 408 g/mol. The molecule has 10 heteroatoms. The summed E-state index contributed by atoms with van der Waals surface area (Å²) in [4.78, 5) is 34.7. The van der Waals surface area contributed by atoms with E-state index in [2.05, 4.69) is 21.3 Å². The van der Waals surface area contributed by atoms with Gasteiger partial charge in [0.25, 0.3) is 5.91 Å². The summed E-state index contributed by atoms with van der Waals surface area (Å²) in [5, 5.41) is 9.71. The van der Waals surface area contributed by atoms with Crippen molar-refractivity contribution in [3.05, 3.63) is 59.7 Å². The normalized spacial score (nSPS) is 10.8. The van der Waals surface area contributed by atoms with Crippen LogP contribution in [-0.2, 0) is 11.0 Å². The molecule has 7 nitrogen and oxygen atoms in total. The van der Waals surface area contributed by atoms with Crippen molar-refractivity contribution in [3.63, 3.8) is 0 Å². The van der Waals surface area contributed by atoms with Crippen molar-refractivity contribution in [2.24, 2.45) is 0 Å². The van der Waals surface area contributed by atoms with Gasteiger partial charge < -0.3 is 21.3 Å². The topological polar surface area (TPSA) is 99.3 Å². The summed E-state index contributed by atoms with van der Waals surface area (Å²) in [6, 6.07) is 9.56. The molecule has 2 aromatic rings. The molecule has 0 aromatic heterocycles. The molecule has 0 atom stereocenters. The molecule has 154 valence electrons. The van der Waals surface area contributed by atoms with Crippen LogP contribution in [0.15, 0.2) is 48.5 Å². The molecule has 0 fully saturated rings. The number of rotatable bonds is 6. The Bertz CT molecular complexity index is 883. The SMILES string of the molecule is CC(=O)NCCNC(=O)c1ccc(NC(=O)Nc2ccccc2C(F)(F)F)cc1. The number of nitrogens with one attached hydrogen (secondary N) is 4. The van der Waals surface area contributed by atoms with Crippen LogP contribution in [0.5, 0.6) is 0 Å². The van der Waals surface area contributed by atoms with Crippen LogP contribution in [-0.4, -0.2) is 30.9 Å². The third-order valence-corrected chi connectivity index (χ3v) is 3.67. The molecule has 0 spiro atoms. The highest BCUT2D eigenvalue weighted by molar-refractivity contribution is 6.01. The second-order valence-corrected chi connectivity index (χ2v) is 5.94. The quantitative estimate of drug-likeness (QED) is 0.553. The molecule has 0 saturated heterocycles. The van der Waals surface area contributed by atoms with Gasteiger partial charge in [-0.1, -0.05) is 12.1 Å². The first-order valence-corrected chi connectivity index (χ1v) is 8.54. The van der Waals surface area contributed by atoms with Gasteiger partial charge in [0.1, 0.15) is 0 Å². The fourth-order valence-electron chi connectivity index (χ4n) is 2.35. The molecular formula is C19H19F3N4O3. The first-order chi connectivity index (χ1) is 13.7. The number of alkyl halides is 3. The van der Waals surface area contributed by atoms with Crippen LogP contribution >= 0.6 is 0 Å². The van der Waals surface area contributed by atoms with E-state index in [4.69, 9.17) is 0 Å². The second kappa shape index (κ2) is 9.58. The minimum absolute atomic E-state index is 0.203. The number of hydrogen-bond donors (Lipinski definition) is 4. The third kappa shape index (κ3) is 6.83. The zero-order valence-corrected chi connectivity index (χ0v) is 15.4. The zero-order chi connectivity index (χ0) is 21.4. The van der Waals surface area contributed by atoms with E-state index in [0.717, 1.165) is 12.1 Å². The molecule has 2 rings (SSSR count). The van der Waals surface area contributed by atoms with Crippen LogP contribution in [0.2, 0.25) is 0 Å². The number of para-hydroxylation sites is 1. The van der Waals surface area contributed by atoms with E-state index in [1.54, 1.807) is 0 Å². The van der Waals surface area contributed by atoms with E-state index in [0.29, 0.717) is 17.8 Å². The van der Waals surface area contributed by atoms with E-state index >= 15 is 0 Å². The predicted molar refractivity (Wildman–Crippen MR) is 102 cm³/mol. The largest absolute Gasteiger partial charge is 0.418 e. The lowest BCUT2D eigenvalue weighted by Crippen LogP contribution is -2.33. The van der Waals surface area contributed by atoms with E-state index in [1.807, 2.05) is 0 Å². The highest BCUT2D eigenvalue weighted by Gasteiger charge is 2.33. The fraction of sp³-hybridized carbons (Fsp3) is 0.211. The maximum Gasteiger partial charge on any atom is 0.418 e. The third-order valence-electron chi connectivity index (χ3n) is 3.67. The van der Waals surface area contributed by atoms with Crippen molar-refractivity contribution in [1.82, 2.24) is 10.6 Å². The van der Waals surface area contributed by atoms with Gasteiger partial charge >= 0.3 is 12.2 Å². The van der Waals surface area contributed by atoms with Crippen molar-refractivity contribution < 1.29 is 27.6 Å². The molecule has 0 bridgehead atoms. The number of hydrogen-bond acceptors (Lipinski definition) is 3. The van der Waals surface area contributed by atoms with Crippen molar-refractivity contribution in [1.29, 1.82) is 0 Å². The minimum Gasteiger partial charge on any atom is -0.355 e. The van der Waals surface area contributed by atoms with Gasteiger partial charge in [-0.3, -0.25) is 9.59 Å². The Labute approximate surface area is 164 Å². The summed E-state index contributed by atoms with van der Waals surface area (Å²) in [6.07, 6.45) is -4.60. The van der Waals surface area contributed by atoms with Gasteiger partial charge in [0, 0.05) is 31.3 Å². The highest BCUT2D eigenvalue weighted by atomic mass is 19.4. The molecular weight excluding hydrogens is 389 g/mol. The summed E-state index contributed by atoms with van der Waals surface area (Å²) in [5.41, 5.74) is -0.711. The minimum atomic E-state index is -4.60. The number of benzene rings is 2. The number of amides is 4. The van der Waals surface area contributed by atoms with Gasteiger partial charge in [-0.25, -0.2) is 4.79 Å². The first kappa shape index (κ1) is 21.7. The molecule has 2 aromatic carbocycles. The highest BCUT2D eigenvalue weighted by Crippen LogP contribution is 2.34. The number of anilines is 2. The zero-order valence-electron chi connectivity index (χ0n) is 15.4. The lowest BCUT2D eigenvalue weighted by atomic mass is 10.1. The van der Waals surface area contributed by atoms with Gasteiger partial charge in [-0.15, -0.1) is 0 Å². The fourth-order valence-corrected chi connectivity index (χ4v) is 2.35. The summed E-state index contributed by atoms with van der Waals surface area (Å²) in [7, 11) is 0. The first-order valence-electron chi connectivity index (χ1n) is 8.54. The Hall–Kier alpha value is -3.56. The van der Waals surface area contributed by atoms with E-state index in [-0.39, 0.29) is 24.0 Å². The molecule has 0 aliphatic carbocycles. The summed E-state index contributed by atoms with van der Waals surface area (Å²) < 4.78 is 38.9. The summed E-state index contributed by atoms with van der Waals surface area (Å²) in [5.74, 6) is -0.573. The molecule has 0 aliphatic heterocycles. The van der Waals surface area contributed by atoms with Crippen molar-refractivity contribution in [3.8, 4) is 0 Å². The predicted octanol–water partition coefficient (Wildman–Crippen LogP) is 3.22. The summed E-state index contributed by atoms with van der Waals surface area (Å²) in [6.45, 7) is 1.91. The maximum absolute atomic E-state index is 13.0. The molecule has 4 amide bonds. The van der Waals surface area contributed by atoms with Crippen LogP contribution in [0, 0.1) is 0 Å². The maximum atomic E-state index is 13.0. The number of carbonyl (C=O) groups excluding carboxylic acids is 3. The lowest BCUT2D eigenvalue weighted by molar-refractivity contribution is -0.136. The van der Waals surface area contributed by atoms with Crippen LogP contribution in [0.4, 0.5) is 29.3 Å². The number of urea groups is 1. The Morgan fingerprint density at radius 1 is 0.862 bits per heavy atom. The Morgan fingerprint density at radius 2 is 1.48 bits per heavy atom. The standard InChI is InChI=1S/C19H19F3N4O3/c1-12(27)23-10-11-24-17(28)13-6-8-14(9-7-13)25-18(29)26-16-5-3-2-4-15(16)19(20,21)22/h2-9H,10-11H2,1H3,(H,23,27)(H,24,28)(H2,25,26,29). The van der Waals surface area contributed by atoms with Gasteiger partial charge in [-0.05, 0) is 36.4 Å². The summed E-state index contributed by atoms with van der Waals surface area (Å²) >= 11 is 0. The molecule has 4 N–H and O–H groups in total. The average Bonchev–Trinajstić information content (AvgIpc) is 2.65. The van der Waals surface area contributed by atoms with Gasteiger partial charge in [0.05, 0.1) is 11.3 Å². The van der Waals surface area contributed by atoms with E-state index in [9.17, 15) is 27.6 Å². The van der Waals surface area contributed by atoms with Crippen LogP contribution < -0.4 is 21.3 Å². The van der Waals surface area contributed by atoms with Crippen molar-refractivity contribution in [2.45, 2.75) is 13.1 Å². The van der Waals surface area contributed by atoms with Crippen LogP contribution in [0.3, 0.4) is 0 Å². The van der Waals surface area contributed by atoms with Gasteiger partial charge in [0.15, 0.2) is 0 Å². The second-order valence-electron chi connectivity index (χ2n) is 5.94. The smallest absolute Gasteiger partial charge is 0.355 e. The monoisotopic (exact) mass is 408 g/mol. The van der Waals surface area contributed by atoms with E-state index in [1.165, 1.54) is 43.3 Å². The Balaban J connectivity index is 1.92. The van der Waals surface area contributed by atoms with Crippen molar-refractivity contribution in [2.75, 3.05) is 23.7 Å².